The Balaban J connectivity index is 0.00000882. The number of para-hydroxylation sites is 1. The molecule has 2 heterocycles. The van der Waals surface area contributed by atoms with E-state index >= 15 is 0 Å². The van der Waals surface area contributed by atoms with Crippen LogP contribution in [-0.4, -0.2) is 19.6 Å². The molecule has 0 atom stereocenters. The number of aromatic hydroxyl groups is 1. The first-order chi connectivity index (χ1) is 35.4. The van der Waals surface area contributed by atoms with Gasteiger partial charge in [0.15, 0.2) is 0 Å². The maximum atomic E-state index is 11.9. The van der Waals surface area contributed by atoms with E-state index in [0.717, 1.165) is 39.0 Å². The molecule has 1 N–H and O–H groups in total. The van der Waals surface area contributed by atoms with Crippen LogP contribution < -0.4 is 0 Å². The number of aryl methyl sites for hydroxylation is 2. The Hall–Kier alpha value is -5.57. The summed E-state index contributed by atoms with van der Waals surface area (Å²) in [7, 11) is 0. The minimum absolute atomic E-state index is 0. The molecule has 0 aliphatic rings. The van der Waals surface area contributed by atoms with E-state index in [-0.39, 0.29) is 48.8 Å². The molecule has 0 saturated carbocycles. The molecule has 6 aromatic carbocycles. The van der Waals surface area contributed by atoms with Crippen molar-refractivity contribution in [3.05, 3.63) is 167 Å². The fraction of sp³-hybridized carbons (Fsp3) is 0.300. The number of rotatable bonds is 6. The van der Waals surface area contributed by atoms with Crippen molar-refractivity contribution in [2.75, 3.05) is 0 Å². The monoisotopic (exact) mass is 1050 g/mol. The molecule has 0 aliphatic heterocycles. The van der Waals surface area contributed by atoms with E-state index in [1.807, 2.05) is 56.3 Å². The molecular weight excluding hydrogens is 974 g/mol. The first kappa shape index (κ1) is 33.0. The molecule has 8 aromatic rings. The summed E-state index contributed by atoms with van der Waals surface area (Å²) in [5, 5.41) is 11.9. The van der Waals surface area contributed by atoms with Gasteiger partial charge in [0.2, 0.25) is 0 Å². The number of imidazole rings is 1. The smallest absolute Gasteiger partial charge is 0.148 e. The fourth-order valence-electron chi connectivity index (χ4n) is 8.11. The van der Waals surface area contributed by atoms with Gasteiger partial charge in [0, 0.05) is 50.9 Å². The van der Waals surface area contributed by atoms with Crippen LogP contribution in [0.1, 0.15) is 134 Å². The van der Waals surface area contributed by atoms with Gasteiger partial charge in [-0.15, -0.1) is 29.3 Å². The Morgan fingerprint density at radius 1 is 0.585 bits per heavy atom. The molecule has 0 radical (unpaired) electrons. The molecule has 5 heteroatoms. The van der Waals surface area contributed by atoms with E-state index < -0.39 is 61.1 Å². The first-order valence-electron chi connectivity index (χ1n) is 28.1. The predicted molar refractivity (Wildman–Crippen MR) is 271 cm³/mol. The fourth-order valence-corrected chi connectivity index (χ4v) is 8.11. The molecular formula is C60H64N3OPt-. The van der Waals surface area contributed by atoms with Gasteiger partial charge in [-0.1, -0.05) is 173 Å². The Morgan fingerprint density at radius 2 is 1.23 bits per heavy atom. The van der Waals surface area contributed by atoms with Crippen LogP contribution in [0.2, 0.25) is 0 Å². The normalized spacial score (nSPS) is 15.9. The van der Waals surface area contributed by atoms with Crippen LogP contribution in [0.15, 0.2) is 127 Å². The van der Waals surface area contributed by atoms with Gasteiger partial charge in [0.05, 0.1) is 27.8 Å². The quantitative estimate of drug-likeness (QED) is 0.169. The molecule has 65 heavy (non-hydrogen) atoms. The molecule has 0 saturated heterocycles. The Morgan fingerprint density at radius 3 is 1.88 bits per heavy atom. The number of fused-ring (bicyclic) bond motifs is 1. The summed E-state index contributed by atoms with van der Waals surface area (Å²) >= 11 is 0. The van der Waals surface area contributed by atoms with Crippen molar-refractivity contribution in [1.29, 1.82) is 0 Å². The zero-order valence-electron chi connectivity index (χ0n) is 51.9. The first-order valence-corrected chi connectivity index (χ1v) is 21.6. The second-order valence-electron chi connectivity index (χ2n) is 20.1. The van der Waals surface area contributed by atoms with Crippen LogP contribution >= 0.6 is 0 Å². The van der Waals surface area contributed by atoms with Crippen LogP contribution in [0.25, 0.3) is 72.7 Å². The van der Waals surface area contributed by atoms with Crippen molar-refractivity contribution in [3.8, 4) is 67.5 Å². The molecule has 8 rings (SSSR count). The maximum Gasteiger partial charge on any atom is 0.148 e. The summed E-state index contributed by atoms with van der Waals surface area (Å²) in [6, 6.07) is 31.7. The van der Waals surface area contributed by atoms with Gasteiger partial charge in [-0.05, 0) is 110 Å². The average molecular weight is 1050 g/mol. The third-order valence-electron chi connectivity index (χ3n) is 11.9. The van der Waals surface area contributed by atoms with Gasteiger partial charge in [-0.3, -0.25) is 9.55 Å². The number of pyridine rings is 1. The summed E-state index contributed by atoms with van der Waals surface area (Å²) < 4.78 is 113. The van der Waals surface area contributed by atoms with Crippen molar-refractivity contribution < 1.29 is 44.0 Å². The molecule has 2 aromatic heterocycles. The van der Waals surface area contributed by atoms with Crippen molar-refractivity contribution in [1.82, 2.24) is 14.5 Å². The summed E-state index contributed by atoms with van der Waals surface area (Å²) in [6.45, 7) is 11.8. The van der Waals surface area contributed by atoms with Crippen molar-refractivity contribution in [2.24, 2.45) is 0 Å². The molecule has 336 valence electrons. The van der Waals surface area contributed by atoms with E-state index in [1.165, 1.54) is 17.8 Å². The topological polar surface area (TPSA) is 50.9 Å². The molecule has 0 bridgehead atoms. The molecule has 0 fully saturated rings. The van der Waals surface area contributed by atoms with Crippen LogP contribution in [0, 0.1) is 19.9 Å². The Bertz CT molecular complexity index is 3560. The van der Waals surface area contributed by atoms with Crippen molar-refractivity contribution in [3.63, 3.8) is 0 Å². The van der Waals surface area contributed by atoms with E-state index in [2.05, 4.69) is 115 Å². The van der Waals surface area contributed by atoms with Crippen molar-refractivity contribution >= 4 is 11.0 Å². The second kappa shape index (κ2) is 17.3. The minimum atomic E-state index is -3.81. The SMILES string of the molecule is [2H]c1c([2H])c(C(C([2H])([2H])[2H])(C([2H])([2H])[2H])C([2H])([2H])[2H])c([2H])c([2H])c1-c1ccnc(-c2[c-]c(-c3cccc4c3nc(-c3cc(C)cc(C)c3O)n4-c3ccc(C(C)(C)C)cc3-c3ccc(C(C)(C)C)cc3)cc(C(C)(C)C)c2)c1.[Pt]. The third kappa shape index (κ3) is 9.57. The number of hydrogen-bond acceptors (Lipinski definition) is 3. The van der Waals surface area contributed by atoms with Gasteiger partial charge in [0.1, 0.15) is 11.6 Å². The zero-order chi connectivity index (χ0) is 57.1. The third-order valence-corrected chi connectivity index (χ3v) is 11.9. The van der Waals surface area contributed by atoms with Gasteiger partial charge in [0.25, 0.3) is 0 Å². The number of phenolic OH excluding ortho intramolecular Hbond substituents is 1. The molecule has 0 unspecified atom stereocenters. The number of phenols is 1. The summed E-state index contributed by atoms with van der Waals surface area (Å²) in [5.74, 6) is 0.627. The Kier molecular flexibility index (Phi) is 8.80. The summed E-state index contributed by atoms with van der Waals surface area (Å²) in [6.07, 6.45) is 1.42. The summed E-state index contributed by atoms with van der Waals surface area (Å²) in [5.41, 5.74) is 5.96. The Labute approximate surface area is 420 Å². The van der Waals surface area contributed by atoms with Crippen LogP contribution in [0.4, 0.5) is 0 Å². The van der Waals surface area contributed by atoms with Gasteiger partial charge < -0.3 is 5.11 Å². The number of aromatic nitrogens is 3. The summed E-state index contributed by atoms with van der Waals surface area (Å²) in [4.78, 5) is 10.2. The molecule has 0 aliphatic carbocycles. The van der Waals surface area contributed by atoms with Gasteiger partial charge >= 0.3 is 0 Å². The van der Waals surface area contributed by atoms with E-state index in [9.17, 15) is 5.11 Å². The van der Waals surface area contributed by atoms with Crippen LogP contribution in [0.5, 0.6) is 5.75 Å². The van der Waals surface area contributed by atoms with Gasteiger partial charge in [-0.25, -0.2) is 4.98 Å². The van der Waals surface area contributed by atoms with E-state index in [0.29, 0.717) is 44.9 Å². The number of benzene rings is 6. The van der Waals surface area contributed by atoms with Crippen LogP contribution in [0.3, 0.4) is 0 Å². The second-order valence-corrected chi connectivity index (χ2v) is 20.1. The molecule has 0 spiro atoms. The number of nitrogens with zero attached hydrogens (tertiary/aromatic N) is 3. The van der Waals surface area contributed by atoms with Crippen molar-refractivity contribution in [2.45, 2.75) is 118 Å². The maximum absolute atomic E-state index is 11.9. The predicted octanol–water partition coefficient (Wildman–Crippen LogP) is 16.1. The average Bonchev–Trinajstić information content (AvgIpc) is 3.70. The molecule has 0 amide bonds. The molecule has 4 nitrogen and oxygen atoms in total. The largest absolute Gasteiger partial charge is 0.507 e. The standard InChI is InChI=1S/C60H64N3O.Pt/c1-37-30-38(2)55(64)50(31-37)56-62-54-48(16-15-17-53(54)63(56)52-27-26-46(59(9,10)11)36-49(52)40-20-24-45(25-21-40)58(6,7)8)42-32-43(34-47(33-42)60(12,13)14)51-35-41(28-29-61-51)39-18-22-44(23-19-39)57(3,4)5;/h15-31,33-36,64H,1-14H3;/q-1;/i3D3,4D3,5D3,18D,19D,22D,23D;. The van der Waals surface area contributed by atoms with Gasteiger partial charge in [-0.2, -0.15) is 0 Å². The van der Waals surface area contributed by atoms with E-state index in [1.54, 1.807) is 6.07 Å². The minimum Gasteiger partial charge on any atom is -0.507 e. The number of hydrogen-bond donors (Lipinski definition) is 1. The van der Waals surface area contributed by atoms with E-state index in [4.69, 9.17) is 27.8 Å². The zero-order valence-corrected chi connectivity index (χ0v) is 41.2. The van der Waals surface area contributed by atoms with Crippen LogP contribution in [-0.2, 0) is 42.7 Å².